The number of ketones is 2. The van der Waals surface area contributed by atoms with E-state index in [0.717, 1.165) is 50.8 Å². The molecule has 0 aliphatic rings. The summed E-state index contributed by atoms with van der Waals surface area (Å²) in [6.07, 6.45) is 21.4. The Bertz CT molecular complexity index is 1110. The fourth-order valence-corrected chi connectivity index (χ4v) is 7.23. The highest BCUT2D eigenvalue weighted by Crippen LogP contribution is 2.17. The molecule has 1 aromatic rings. The first-order valence-electron chi connectivity index (χ1n) is 18.4. The SMILES string of the molecule is NCC[C@H](CCCCNC(=O)CCCS(=O)(=O)CC(=O)CCCCCCCCCCCCCCCc1ncn[nH]1)C(=O)CCCC(=O)O. The number of amides is 1. The third-order valence-corrected chi connectivity index (χ3v) is 10.3. The summed E-state index contributed by atoms with van der Waals surface area (Å²) in [7, 11) is -3.53. The zero-order valence-corrected chi connectivity index (χ0v) is 30.0. The van der Waals surface area contributed by atoms with Crippen molar-refractivity contribution in [1.82, 2.24) is 20.5 Å². The number of unbranched alkanes of at least 4 members (excludes halogenated alkanes) is 13. The summed E-state index contributed by atoms with van der Waals surface area (Å²) in [5, 5.41) is 18.3. The lowest BCUT2D eigenvalue weighted by molar-refractivity contribution is -0.137. The maximum Gasteiger partial charge on any atom is 0.303 e. The number of carbonyl (C=O) groups is 4. The Labute approximate surface area is 288 Å². The Kier molecular flexibility index (Phi) is 25.5. The van der Waals surface area contributed by atoms with Gasteiger partial charge in [0, 0.05) is 44.6 Å². The van der Waals surface area contributed by atoms with Crippen molar-refractivity contribution in [3.63, 3.8) is 0 Å². The average Bonchev–Trinajstić information content (AvgIpc) is 3.55. The molecule has 0 fully saturated rings. The van der Waals surface area contributed by atoms with Crippen molar-refractivity contribution in [3.05, 3.63) is 12.2 Å². The van der Waals surface area contributed by atoms with Gasteiger partial charge in [0.2, 0.25) is 5.91 Å². The number of Topliss-reactive ketones (excluding diaryl/α,β-unsaturated/α-hetero) is 2. The number of nitrogens with two attached hydrogens (primary N) is 1. The third kappa shape index (κ3) is 25.4. The number of sulfone groups is 1. The van der Waals surface area contributed by atoms with Crippen molar-refractivity contribution in [2.24, 2.45) is 11.7 Å². The number of aromatic nitrogens is 3. The predicted octanol–water partition coefficient (Wildman–Crippen LogP) is 5.65. The van der Waals surface area contributed by atoms with E-state index in [4.69, 9.17) is 10.8 Å². The number of nitrogens with zero attached hydrogens (tertiary/aromatic N) is 2. The number of carboxylic acid groups (broad SMARTS) is 1. The molecule has 1 atom stereocenters. The molecule has 1 amide bonds. The summed E-state index contributed by atoms with van der Waals surface area (Å²) in [4.78, 5) is 51.5. The zero-order chi connectivity index (χ0) is 35.3. The molecular formula is C35H63N5O7S. The van der Waals surface area contributed by atoms with E-state index in [1.54, 1.807) is 6.33 Å². The molecule has 0 bridgehead atoms. The first-order valence-corrected chi connectivity index (χ1v) is 20.2. The highest BCUT2D eigenvalue weighted by Gasteiger charge is 2.18. The van der Waals surface area contributed by atoms with Crippen LogP contribution in [-0.2, 0) is 35.4 Å². The number of hydrogen-bond donors (Lipinski definition) is 4. The van der Waals surface area contributed by atoms with Crippen molar-refractivity contribution in [1.29, 1.82) is 0 Å². The quantitative estimate of drug-likeness (QED) is 0.0652. The van der Waals surface area contributed by atoms with E-state index in [-0.39, 0.29) is 61.2 Å². The van der Waals surface area contributed by atoms with Gasteiger partial charge in [0.05, 0.1) is 5.75 Å². The Morgan fingerprint density at radius 1 is 0.750 bits per heavy atom. The maximum atomic E-state index is 12.4. The molecule has 1 aromatic heterocycles. The van der Waals surface area contributed by atoms with Gasteiger partial charge in [0.15, 0.2) is 9.84 Å². The molecule has 0 aromatic carbocycles. The van der Waals surface area contributed by atoms with Crippen LogP contribution in [0.25, 0.3) is 0 Å². The lowest BCUT2D eigenvalue weighted by atomic mass is 9.91. The molecule has 0 unspecified atom stereocenters. The molecule has 0 aliphatic carbocycles. The highest BCUT2D eigenvalue weighted by atomic mass is 32.2. The molecule has 0 radical (unpaired) electrons. The minimum Gasteiger partial charge on any atom is -0.481 e. The summed E-state index contributed by atoms with van der Waals surface area (Å²) in [6, 6.07) is 0. The fraction of sp³-hybridized carbons (Fsp3) is 0.829. The van der Waals surface area contributed by atoms with Gasteiger partial charge in [0.1, 0.15) is 29.5 Å². The molecule has 276 valence electrons. The number of aryl methyl sites for hydroxylation is 1. The van der Waals surface area contributed by atoms with E-state index in [2.05, 4.69) is 20.5 Å². The van der Waals surface area contributed by atoms with Crippen molar-refractivity contribution >= 4 is 33.3 Å². The van der Waals surface area contributed by atoms with Crippen LogP contribution in [0.3, 0.4) is 0 Å². The largest absolute Gasteiger partial charge is 0.481 e. The molecular weight excluding hydrogens is 634 g/mol. The van der Waals surface area contributed by atoms with Gasteiger partial charge in [-0.05, 0) is 51.5 Å². The van der Waals surface area contributed by atoms with Crippen LogP contribution in [0.1, 0.15) is 154 Å². The van der Waals surface area contributed by atoms with Crippen LogP contribution in [0.4, 0.5) is 0 Å². The Morgan fingerprint density at radius 2 is 1.38 bits per heavy atom. The summed E-state index contributed by atoms with van der Waals surface area (Å²) in [5.41, 5.74) is 5.63. The van der Waals surface area contributed by atoms with E-state index < -0.39 is 21.6 Å². The van der Waals surface area contributed by atoms with Crippen molar-refractivity contribution in [2.75, 3.05) is 24.6 Å². The second kappa shape index (κ2) is 28.2. The standard InChI is InChI=1S/C35H63N5O7S/c36-25-24-30(32(42)20-16-23-35(44)45)18-14-15-26-37-34(43)22-17-27-48(46,47)28-31(41)19-12-10-8-6-4-2-1-3-5-7-9-11-13-21-33-38-29-39-40-33/h29-30H,1-28,36H2,(H,37,43)(H,44,45)(H,38,39,40)/t30-/m0/s1. The van der Waals surface area contributed by atoms with Gasteiger partial charge in [-0.2, -0.15) is 5.10 Å². The van der Waals surface area contributed by atoms with Crippen molar-refractivity contribution < 1.29 is 32.7 Å². The molecule has 0 saturated carbocycles. The van der Waals surface area contributed by atoms with Gasteiger partial charge >= 0.3 is 5.97 Å². The molecule has 1 rings (SSSR count). The number of aromatic amines is 1. The number of carbonyl (C=O) groups excluding carboxylic acids is 3. The molecule has 0 aliphatic heterocycles. The number of rotatable bonds is 34. The smallest absolute Gasteiger partial charge is 0.303 e. The number of H-pyrrole nitrogens is 1. The van der Waals surface area contributed by atoms with Gasteiger partial charge in [-0.1, -0.05) is 77.0 Å². The monoisotopic (exact) mass is 697 g/mol. The molecule has 1 heterocycles. The highest BCUT2D eigenvalue weighted by molar-refractivity contribution is 7.92. The van der Waals surface area contributed by atoms with Gasteiger partial charge in [0.25, 0.3) is 0 Å². The average molecular weight is 698 g/mol. The van der Waals surface area contributed by atoms with Crippen LogP contribution in [0.2, 0.25) is 0 Å². The molecule has 0 spiro atoms. The number of carboxylic acids is 1. The zero-order valence-electron chi connectivity index (χ0n) is 29.2. The topological polar surface area (TPSA) is 202 Å². The minimum absolute atomic E-state index is 0.0270. The van der Waals surface area contributed by atoms with Crippen LogP contribution in [-0.4, -0.2) is 76.7 Å². The van der Waals surface area contributed by atoms with E-state index in [9.17, 15) is 27.6 Å². The van der Waals surface area contributed by atoms with Crippen molar-refractivity contribution in [3.8, 4) is 0 Å². The van der Waals surface area contributed by atoms with Crippen LogP contribution in [0.5, 0.6) is 0 Å². The van der Waals surface area contributed by atoms with Gasteiger partial charge < -0.3 is 16.2 Å². The van der Waals surface area contributed by atoms with Crippen molar-refractivity contribution in [2.45, 2.75) is 154 Å². The van der Waals surface area contributed by atoms with E-state index >= 15 is 0 Å². The second-order valence-electron chi connectivity index (χ2n) is 13.1. The lowest BCUT2D eigenvalue weighted by Crippen LogP contribution is -2.26. The normalized spacial score (nSPS) is 12.2. The minimum atomic E-state index is -3.53. The molecule has 48 heavy (non-hydrogen) atoms. The van der Waals surface area contributed by atoms with Gasteiger partial charge in [-0.25, -0.2) is 13.4 Å². The third-order valence-electron chi connectivity index (χ3n) is 8.66. The predicted molar refractivity (Wildman–Crippen MR) is 188 cm³/mol. The van der Waals surface area contributed by atoms with E-state index in [0.29, 0.717) is 38.8 Å². The fourth-order valence-electron chi connectivity index (χ4n) is 5.87. The van der Waals surface area contributed by atoms with Gasteiger partial charge in [-0.3, -0.25) is 24.3 Å². The van der Waals surface area contributed by atoms with Crippen LogP contribution >= 0.6 is 0 Å². The van der Waals surface area contributed by atoms with E-state index in [1.165, 1.54) is 51.4 Å². The molecule has 13 heteroatoms. The summed E-state index contributed by atoms with van der Waals surface area (Å²) >= 11 is 0. The number of hydrogen-bond acceptors (Lipinski definition) is 9. The van der Waals surface area contributed by atoms with Crippen LogP contribution < -0.4 is 11.1 Å². The first kappa shape index (κ1) is 43.4. The van der Waals surface area contributed by atoms with E-state index in [1.807, 2.05) is 0 Å². The summed E-state index contributed by atoms with van der Waals surface area (Å²) in [5.74, 6) is -1.20. The molecule has 5 N–H and O–H groups in total. The summed E-state index contributed by atoms with van der Waals surface area (Å²) < 4.78 is 24.7. The Balaban J connectivity index is 1.97. The maximum absolute atomic E-state index is 12.4. The lowest BCUT2D eigenvalue weighted by Gasteiger charge is -2.15. The molecule has 0 saturated heterocycles. The second-order valence-corrected chi connectivity index (χ2v) is 15.3. The summed E-state index contributed by atoms with van der Waals surface area (Å²) in [6.45, 7) is 0.815. The van der Waals surface area contributed by atoms with Crippen LogP contribution in [0, 0.1) is 5.92 Å². The van der Waals surface area contributed by atoms with Gasteiger partial charge in [-0.15, -0.1) is 0 Å². The number of aliphatic carboxylic acids is 1. The Hall–Kier alpha value is -2.67. The Morgan fingerprint density at radius 3 is 1.96 bits per heavy atom. The number of nitrogens with one attached hydrogen (secondary N) is 2. The molecule has 12 nitrogen and oxygen atoms in total. The van der Waals surface area contributed by atoms with Crippen LogP contribution in [0.15, 0.2) is 6.33 Å². The first-order chi connectivity index (χ1) is 23.1.